The lowest BCUT2D eigenvalue weighted by atomic mass is 10.1. The molecule has 1 heterocycles. The number of hydrogen-bond acceptors (Lipinski definition) is 5. The van der Waals surface area contributed by atoms with Crippen molar-refractivity contribution in [3.05, 3.63) is 59.2 Å². The van der Waals surface area contributed by atoms with Crippen molar-refractivity contribution in [1.29, 1.82) is 0 Å². The molecule has 1 aromatic heterocycles. The summed E-state index contributed by atoms with van der Waals surface area (Å²) in [6, 6.07) is 15.7. The molecule has 0 bridgehead atoms. The molecule has 3 rings (SSSR count). The number of methoxy groups -OCH3 is 2. The number of ether oxygens (including phenoxy) is 3. The lowest BCUT2D eigenvalue weighted by molar-refractivity contribution is -0.117. The average molecular weight is 509 g/mol. The van der Waals surface area contributed by atoms with Gasteiger partial charge in [0, 0.05) is 43.1 Å². The molecule has 0 aliphatic carbocycles. The van der Waals surface area contributed by atoms with Crippen LogP contribution in [0.1, 0.15) is 37.7 Å². The van der Waals surface area contributed by atoms with E-state index in [-0.39, 0.29) is 30.8 Å². The van der Waals surface area contributed by atoms with Gasteiger partial charge in [-0.15, -0.1) is 12.4 Å². The van der Waals surface area contributed by atoms with E-state index in [9.17, 15) is 4.79 Å². The van der Waals surface area contributed by atoms with Gasteiger partial charge in [-0.3, -0.25) is 4.90 Å². The van der Waals surface area contributed by atoms with Gasteiger partial charge in [0.15, 0.2) is 0 Å². The maximum atomic E-state index is 13.1. The molecule has 0 fully saturated rings. The first-order valence-electron chi connectivity index (χ1n) is 11.3. The lowest BCUT2D eigenvalue weighted by Crippen LogP contribution is -2.43. The van der Waals surface area contributed by atoms with Gasteiger partial charge in [-0.2, -0.15) is 0 Å². The third kappa shape index (κ3) is 6.12. The van der Waals surface area contributed by atoms with Gasteiger partial charge in [0.25, 0.3) is 0 Å². The molecule has 0 saturated heterocycles. The Morgan fingerprint density at radius 3 is 2.26 bits per heavy atom. The van der Waals surface area contributed by atoms with Crippen molar-refractivity contribution < 1.29 is 19.0 Å². The lowest BCUT2D eigenvalue weighted by Gasteiger charge is -2.32. The minimum absolute atomic E-state index is 0. The van der Waals surface area contributed by atoms with Gasteiger partial charge in [0.1, 0.15) is 18.1 Å². The first-order valence-corrected chi connectivity index (χ1v) is 11.7. The number of esters is 1. The van der Waals surface area contributed by atoms with Crippen LogP contribution in [0.3, 0.4) is 0 Å². The van der Waals surface area contributed by atoms with Gasteiger partial charge < -0.3 is 18.8 Å². The van der Waals surface area contributed by atoms with E-state index < -0.39 is 0 Å². The highest BCUT2D eigenvalue weighted by atomic mass is 35.5. The highest BCUT2D eigenvalue weighted by Crippen LogP contribution is 2.36. The number of carbonyl (C=O) groups excluding carboxylic acids is 1. The van der Waals surface area contributed by atoms with Crippen molar-refractivity contribution in [2.24, 2.45) is 0 Å². The highest BCUT2D eigenvalue weighted by molar-refractivity contribution is 6.31. The van der Waals surface area contributed by atoms with E-state index in [0.717, 1.165) is 35.0 Å². The predicted molar refractivity (Wildman–Crippen MR) is 140 cm³/mol. The normalized spacial score (nSPS) is 13.0. The Hall–Kier alpha value is -2.09. The van der Waals surface area contributed by atoms with Crippen LogP contribution in [0.25, 0.3) is 22.0 Å². The van der Waals surface area contributed by atoms with Crippen molar-refractivity contribution >= 4 is 40.7 Å². The standard InChI is InChI=1S/C26H33ClN2O4.ClH/c1-6-33-26(30)25-22-14-13-21(27)17-23(22)24(20-11-8-7-9-12-20)29(25)16-10-15-28(18(2)31-4)19(3)32-5;/h7-9,11-14,17-19H,6,10,15-16H2,1-5H3;1H. The smallest absolute Gasteiger partial charge is 0.355 e. The quantitative estimate of drug-likeness (QED) is 0.226. The van der Waals surface area contributed by atoms with E-state index in [1.54, 1.807) is 14.2 Å². The Balaban J connectivity index is 0.00000408. The van der Waals surface area contributed by atoms with Crippen LogP contribution >= 0.6 is 24.0 Å². The van der Waals surface area contributed by atoms with Crippen molar-refractivity contribution in [3.63, 3.8) is 0 Å². The van der Waals surface area contributed by atoms with Gasteiger partial charge in [0.2, 0.25) is 0 Å². The molecule has 0 aliphatic rings. The van der Waals surface area contributed by atoms with E-state index in [4.69, 9.17) is 25.8 Å². The molecule has 2 atom stereocenters. The number of fused-ring (bicyclic) bond motifs is 1. The summed E-state index contributed by atoms with van der Waals surface area (Å²) in [6.07, 6.45) is 0.587. The van der Waals surface area contributed by atoms with Crippen molar-refractivity contribution in [3.8, 4) is 11.3 Å². The summed E-state index contributed by atoms with van der Waals surface area (Å²) in [5.74, 6) is -0.334. The number of carbonyl (C=O) groups is 1. The van der Waals surface area contributed by atoms with Crippen LogP contribution in [-0.4, -0.2) is 55.3 Å². The fourth-order valence-electron chi connectivity index (χ4n) is 4.21. The highest BCUT2D eigenvalue weighted by Gasteiger charge is 2.25. The Bertz CT molecular complexity index is 1060. The topological polar surface area (TPSA) is 52.9 Å². The number of benzene rings is 2. The van der Waals surface area contributed by atoms with Gasteiger partial charge in [-0.25, -0.2) is 4.79 Å². The summed E-state index contributed by atoms with van der Waals surface area (Å²) in [6.45, 7) is 7.48. The number of rotatable bonds is 11. The second kappa shape index (κ2) is 13.1. The molecule has 6 nitrogen and oxygen atoms in total. The molecule has 34 heavy (non-hydrogen) atoms. The Morgan fingerprint density at radius 1 is 1.03 bits per heavy atom. The zero-order valence-corrected chi connectivity index (χ0v) is 22.0. The van der Waals surface area contributed by atoms with E-state index >= 15 is 0 Å². The molecule has 0 aliphatic heterocycles. The third-order valence-corrected chi connectivity index (χ3v) is 6.20. The van der Waals surface area contributed by atoms with E-state index in [1.807, 2.05) is 69.3 Å². The molecule has 3 aromatic rings. The Morgan fingerprint density at radius 2 is 1.68 bits per heavy atom. The van der Waals surface area contributed by atoms with Gasteiger partial charge in [-0.1, -0.05) is 48.0 Å². The summed E-state index contributed by atoms with van der Waals surface area (Å²) in [5, 5.41) is 2.40. The maximum absolute atomic E-state index is 13.1. The predicted octanol–water partition coefficient (Wildman–Crippen LogP) is 6.24. The van der Waals surface area contributed by atoms with Crippen LogP contribution in [0.4, 0.5) is 0 Å². The second-order valence-corrected chi connectivity index (χ2v) is 8.32. The van der Waals surface area contributed by atoms with E-state index in [1.165, 1.54) is 0 Å². The number of aromatic nitrogens is 1. The largest absolute Gasteiger partial charge is 0.461 e. The van der Waals surface area contributed by atoms with Crippen molar-refractivity contribution in [2.45, 2.75) is 46.2 Å². The summed E-state index contributed by atoms with van der Waals surface area (Å²) >= 11 is 6.37. The monoisotopic (exact) mass is 508 g/mol. The van der Waals surface area contributed by atoms with Gasteiger partial charge >= 0.3 is 5.97 Å². The average Bonchev–Trinajstić information content (AvgIpc) is 3.14. The Labute approximate surface area is 213 Å². The number of nitrogens with zero attached hydrogens (tertiary/aromatic N) is 2. The molecule has 0 spiro atoms. The summed E-state index contributed by atoms with van der Waals surface area (Å²) < 4.78 is 18.6. The fourth-order valence-corrected chi connectivity index (χ4v) is 4.39. The number of hydrogen-bond donors (Lipinski definition) is 0. The van der Waals surface area contributed by atoms with Crippen LogP contribution in [0.5, 0.6) is 0 Å². The van der Waals surface area contributed by atoms with Gasteiger partial charge in [-0.05, 0) is 44.9 Å². The summed E-state index contributed by atoms with van der Waals surface area (Å²) in [5.41, 5.74) is 2.53. The molecule has 0 radical (unpaired) electrons. The van der Waals surface area contributed by atoms with Gasteiger partial charge in [0.05, 0.1) is 12.3 Å². The Kier molecular flexibility index (Phi) is 10.9. The van der Waals surface area contributed by atoms with Crippen LogP contribution in [0, 0.1) is 0 Å². The second-order valence-electron chi connectivity index (χ2n) is 7.89. The zero-order valence-electron chi connectivity index (χ0n) is 20.4. The van der Waals surface area contributed by atoms with Crippen molar-refractivity contribution in [2.75, 3.05) is 27.4 Å². The molecule has 0 N–H and O–H groups in total. The molecule has 2 aromatic carbocycles. The SMILES string of the molecule is CCOC(=O)c1c2ccc(Cl)cc2c(-c2ccccc2)n1CCCN(C(C)OC)C(C)OC.Cl. The van der Waals surface area contributed by atoms with E-state index in [0.29, 0.717) is 23.9 Å². The first-order chi connectivity index (χ1) is 15.9. The van der Waals surface area contributed by atoms with Crippen LogP contribution in [-0.2, 0) is 20.8 Å². The van der Waals surface area contributed by atoms with E-state index in [2.05, 4.69) is 9.47 Å². The first kappa shape index (κ1) is 28.1. The van der Waals surface area contributed by atoms with Crippen LogP contribution in [0.2, 0.25) is 5.02 Å². The maximum Gasteiger partial charge on any atom is 0.355 e. The molecule has 186 valence electrons. The molecular formula is C26H34Cl2N2O4. The van der Waals surface area contributed by atoms with Crippen LogP contribution in [0.15, 0.2) is 48.5 Å². The minimum atomic E-state index is -0.334. The number of halogens is 2. The summed E-state index contributed by atoms with van der Waals surface area (Å²) in [7, 11) is 3.38. The molecule has 0 amide bonds. The zero-order chi connectivity index (χ0) is 24.0. The third-order valence-electron chi connectivity index (χ3n) is 5.96. The van der Waals surface area contributed by atoms with Crippen LogP contribution < -0.4 is 0 Å². The fraction of sp³-hybridized carbons (Fsp3) is 0.423. The molecular weight excluding hydrogens is 475 g/mol. The summed E-state index contributed by atoms with van der Waals surface area (Å²) in [4.78, 5) is 15.2. The molecule has 8 heteroatoms. The van der Waals surface area contributed by atoms with Crippen molar-refractivity contribution in [1.82, 2.24) is 9.47 Å². The molecule has 2 unspecified atom stereocenters. The minimum Gasteiger partial charge on any atom is -0.461 e. The molecule has 0 saturated carbocycles.